The van der Waals surface area contributed by atoms with Gasteiger partial charge < -0.3 is 15.7 Å². The molecule has 5 rings (SSSR count). The molecule has 2 aliphatic carbocycles. The summed E-state index contributed by atoms with van der Waals surface area (Å²) in [4.78, 5) is 25.6. The molecule has 1 atom stereocenters. The number of likely N-dealkylation sites (tertiary alicyclic amines) is 1. The van der Waals surface area contributed by atoms with Crippen molar-refractivity contribution in [1.29, 1.82) is 0 Å². The highest BCUT2D eigenvalue weighted by atomic mass is 16.4. The number of benzene rings is 2. The number of amides is 1. The second kappa shape index (κ2) is 6.42. The quantitative estimate of drug-likeness (QED) is 0.835. The van der Waals surface area contributed by atoms with Crippen LogP contribution in [0.3, 0.4) is 0 Å². The van der Waals surface area contributed by atoms with Crippen molar-refractivity contribution in [1.82, 2.24) is 4.90 Å². The monoisotopic (exact) mass is 390 g/mol. The number of carbonyl (C=O) groups is 2. The Kier molecular flexibility index (Phi) is 4.07. The zero-order chi connectivity index (χ0) is 20.2. The number of aromatic carboxylic acids is 1. The number of carbonyl (C=O) groups excluding carboxylic acids is 1. The molecule has 3 fully saturated rings. The summed E-state index contributed by atoms with van der Waals surface area (Å²) in [7, 11) is 0. The molecule has 5 heteroatoms. The number of piperidine rings is 1. The highest BCUT2D eigenvalue weighted by Gasteiger charge is 2.57. The first-order valence-corrected chi connectivity index (χ1v) is 10.4. The maximum atomic E-state index is 12.5. The first-order chi connectivity index (χ1) is 13.9. The van der Waals surface area contributed by atoms with E-state index in [-0.39, 0.29) is 5.91 Å². The predicted octanol–water partition coefficient (Wildman–Crippen LogP) is 3.64. The molecule has 29 heavy (non-hydrogen) atoms. The van der Waals surface area contributed by atoms with Gasteiger partial charge >= 0.3 is 5.97 Å². The molecular formula is C24H26N2O3. The van der Waals surface area contributed by atoms with Crippen LogP contribution < -0.4 is 5.73 Å². The molecule has 2 aromatic carbocycles. The fraction of sp³-hybridized carbons (Fsp3) is 0.417. The molecule has 0 unspecified atom stereocenters. The number of nitrogens with zero attached hydrogens (tertiary/aromatic N) is 1. The SMILES string of the molecule is NC1(C(=O)N2CCC3(CC2)C[C@H]3c2ccc(-c3cccc(C(=O)O)c3)cc2)CC1. The van der Waals surface area contributed by atoms with E-state index < -0.39 is 11.5 Å². The van der Waals surface area contributed by atoms with E-state index in [4.69, 9.17) is 5.73 Å². The van der Waals surface area contributed by atoms with Gasteiger partial charge in [0.2, 0.25) is 5.91 Å². The van der Waals surface area contributed by atoms with E-state index in [1.807, 2.05) is 11.0 Å². The maximum absolute atomic E-state index is 12.5. The molecule has 2 saturated carbocycles. The Bertz CT molecular complexity index is 970. The molecule has 0 bridgehead atoms. The van der Waals surface area contributed by atoms with Gasteiger partial charge in [-0.05, 0) is 72.3 Å². The number of carboxylic acids is 1. The second-order valence-corrected chi connectivity index (χ2v) is 9.08. The van der Waals surface area contributed by atoms with Crippen LogP contribution >= 0.6 is 0 Å². The average Bonchev–Trinajstić information content (AvgIpc) is 3.66. The van der Waals surface area contributed by atoms with Crippen molar-refractivity contribution in [3.63, 3.8) is 0 Å². The van der Waals surface area contributed by atoms with Gasteiger partial charge in [0.1, 0.15) is 0 Å². The average molecular weight is 390 g/mol. The number of hydrogen-bond donors (Lipinski definition) is 2. The van der Waals surface area contributed by atoms with Crippen molar-refractivity contribution < 1.29 is 14.7 Å². The van der Waals surface area contributed by atoms with Gasteiger partial charge in [0.15, 0.2) is 0 Å². The molecular weight excluding hydrogens is 364 g/mol. The smallest absolute Gasteiger partial charge is 0.335 e. The Hall–Kier alpha value is -2.66. The Labute approximate surface area is 170 Å². The van der Waals surface area contributed by atoms with E-state index in [1.165, 1.54) is 12.0 Å². The van der Waals surface area contributed by atoms with E-state index in [9.17, 15) is 14.7 Å². The third-order valence-corrected chi connectivity index (χ3v) is 7.21. The van der Waals surface area contributed by atoms with Crippen molar-refractivity contribution >= 4 is 11.9 Å². The summed E-state index contributed by atoms with van der Waals surface area (Å²) in [5.74, 6) is -0.195. The van der Waals surface area contributed by atoms with Crippen LogP contribution in [0.1, 0.15) is 53.9 Å². The summed E-state index contributed by atoms with van der Waals surface area (Å²) in [5.41, 5.74) is 9.48. The fourth-order valence-electron chi connectivity index (χ4n) is 4.93. The highest BCUT2D eigenvalue weighted by Crippen LogP contribution is 2.65. The van der Waals surface area contributed by atoms with Gasteiger partial charge in [-0.25, -0.2) is 4.79 Å². The lowest BCUT2D eigenvalue weighted by molar-refractivity contribution is -0.135. The standard InChI is InChI=1S/C24H26N2O3/c25-24(8-9-24)22(29)26-12-10-23(11-13-26)15-20(23)17-6-4-16(5-7-17)18-2-1-3-19(14-18)21(27)28/h1-7,14,20H,8-13,15,25H2,(H,27,28)/t20-/m0/s1. The lowest BCUT2D eigenvalue weighted by Gasteiger charge is -2.34. The predicted molar refractivity (Wildman–Crippen MR) is 111 cm³/mol. The van der Waals surface area contributed by atoms with E-state index in [1.54, 1.807) is 18.2 Å². The van der Waals surface area contributed by atoms with Gasteiger partial charge in [-0.1, -0.05) is 36.4 Å². The summed E-state index contributed by atoms with van der Waals surface area (Å²) in [6.45, 7) is 1.66. The van der Waals surface area contributed by atoms with Crippen LogP contribution in [0.25, 0.3) is 11.1 Å². The fourth-order valence-corrected chi connectivity index (χ4v) is 4.93. The normalized spacial score (nSPS) is 23.6. The highest BCUT2D eigenvalue weighted by molar-refractivity contribution is 5.89. The van der Waals surface area contributed by atoms with Crippen LogP contribution in [0.15, 0.2) is 48.5 Å². The van der Waals surface area contributed by atoms with E-state index in [2.05, 4.69) is 24.3 Å². The van der Waals surface area contributed by atoms with Gasteiger partial charge in [-0.2, -0.15) is 0 Å². The first kappa shape index (κ1) is 18.4. The summed E-state index contributed by atoms with van der Waals surface area (Å²) < 4.78 is 0. The number of rotatable bonds is 4. The van der Waals surface area contributed by atoms with E-state index in [0.717, 1.165) is 49.9 Å². The molecule has 1 heterocycles. The zero-order valence-corrected chi connectivity index (χ0v) is 16.4. The molecule has 2 aromatic rings. The second-order valence-electron chi connectivity index (χ2n) is 9.08. The Morgan fingerprint density at radius 1 is 0.966 bits per heavy atom. The van der Waals surface area contributed by atoms with E-state index in [0.29, 0.717) is 16.9 Å². The minimum atomic E-state index is -0.907. The lowest BCUT2D eigenvalue weighted by atomic mass is 9.88. The van der Waals surface area contributed by atoms with Gasteiger partial charge in [0.25, 0.3) is 0 Å². The van der Waals surface area contributed by atoms with Crippen LogP contribution in [-0.2, 0) is 4.79 Å². The molecule has 1 spiro atoms. The van der Waals surface area contributed by atoms with Crippen molar-refractivity contribution in [2.75, 3.05) is 13.1 Å². The molecule has 0 radical (unpaired) electrons. The largest absolute Gasteiger partial charge is 0.478 e. The van der Waals surface area contributed by atoms with Crippen LogP contribution in [0.2, 0.25) is 0 Å². The topological polar surface area (TPSA) is 83.6 Å². The van der Waals surface area contributed by atoms with Gasteiger partial charge in [0, 0.05) is 13.1 Å². The molecule has 3 aliphatic rings. The van der Waals surface area contributed by atoms with Crippen molar-refractivity contribution in [2.45, 2.75) is 43.6 Å². The molecule has 1 saturated heterocycles. The Morgan fingerprint density at radius 2 is 1.66 bits per heavy atom. The minimum Gasteiger partial charge on any atom is -0.478 e. The summed E-state index contributed by atoms with van der Waals surface area (Å²) in [6, 6.07) is 15.6. The molecule has 0 aromatic heterocycles. The van der Waals surface area contributed by atoms with Crippen LogP contribution in [-0.4, -0.2) is 40.5 Å². The zero-order valence-electron chi connectivity index (χ0n) is 16.4. The van der Waals surface area contributed by atoms with Crippen molar-refractivity contribution in [3.05, 3.63) is 59.7 Å². The third-order valence-electron chi connectivity index (χ3n) is 7.21. The van der Waals surface area contributed by atoms with Crippen LogP contribution in [0.5, 0.6) is 0 Å². The van der Waals surface area contributed by atoms with E-state index >= 15 is 0 Å². The Balaban J connectivity index is 1.25. The Morgan fingerprint density at radius 3 is 2.28 bits per heavy atom. The lowest BCUT2D eigenvalue weighted by Crippen LogP contribution is -2.49. The van der Waals surface area contributed by atoms with Gasteiger partial charge in [-0.15, -0.1) is 0 Å². The summed E-state index contributed by atoms with van der Waals surface area (Å²) in [6.07, 6.45) is 4.97. The molecule has 3 N–H and O–H groups in total. The third kappa shape index (κ3) is 3.23. The molecule has 5 nitrogen and oxygen atoms in total. The van der Waals surface area contributed by atoms with Crippen LogP contribution in [0.4, 0.5) is 0 Å². The number of carboxylic acid groups (broad SMARTS) is 1. The van der Waals surface area contributed by atoms with Gasteiger partial charge in [0.05, 0.1) is 11.1 Å². The number of hydrogen-bond acceptors (Lipinski definition) is 3. The van der Waals surface area contributed by atoms with Crippen molar-refractivity contribution in [3.8, 4) is 11.1 Å². The minimum absolute atomic E-state index is 0.150. The summed E-state index contributed by atoms with van der Waals surface area (Å²) >= 11 is 0. The van der Waals surface area contributed by atoms with Crippen LogP contribution in [0, 0.1) is 5.41 Å². The molecule has 1 amide bonds. The number of nitrogens with two attached hydrogens (primary N) is 1. The first-order valence-electron chi connectivity index (χ1n) is 10.4. The summed E-state index contributed by atoms with van der Waals surface area (Å²) in [5, 5.41) is 9.19. The maximum Gasteiger partial charge on any atom is 0.335 e. The van der Waals surface area contributed by atoms with Crippen molar-refractivity contribution in [2.24, 2.45) is 11.1 Å². The van der Waals surface area contributed by atoms with Gasteiger partial charge in [-0.3, -0.25) is 4.79 Å². The molecule has 150 valence electrons. The molecule has 1 aliphatic heterocycles.